The van der Waals surface area contributed by atoms with E-state index in [2.05, 4.69) is 0 Å². The van der Waals surface area contributed by atoms with E-state index in [-0.39, 0.29) is 28.6 Å². The summed E-state index contributed by atoms with van der Waals surface area (Å²) >= 11 is 0. The van der Waals surface area contributed by atoms with Crippen molar-refractivity contribution in [3.8, 4) is 5.75 Å². The molecule has 0 amide bonds. The maximum Gasteiger partial charge on any atom is 0.271 e. The lowest BCUT2D eigenvalue weighted by Crippen LogP contribution is -2.31. The number of non-ortho nitro benzene ring substituents is 1. The first kappa shape index (κ1) is 17.7. The summed E-state index contributed by atoms with van der Waals surface area (Å²) in [6.07, 6.45) is 0. The first-order valence-corrected chi connectivity index (χ1v) is 8.67. The van der Waals surface area contributed by atoms with Gasteiger partial charge in [-0.15, -0.1) is 0 Å². The molecule has 128 valence electrons. The zero-order chi connectivity index (χ0) is 17.9. The summed E-state index contributed by atoms with van der Waals surface area (Å²) in [6, 6.07) is 10.3. The van der Waals surface area contributed by atoms with Crippen molar-refractivity contribution in [2.45, 2.75) is 18.7 Å². The van der Waals surface area contributed by atoms with E-state index in [1.54, 1.807) is 19.1 Å². The molecular weight excluding hydrogens is 332 g/mol. The van der Waals surface area contributed by atoms with E-state index >= 15 is 0 Å². The summed E-state index contributed by atoms with van der Waals surface area (Å²) in [4.78, 5) is 10.6. The Hall–Kier alpha value is -2.61. The minimum absolute atomic E-state index is 0.105. The molecule has 0 unspecified atom stereocenters. The third-order valence-corrected chi connectivity index (χ3v) is 5.44. The fraction of sp³-hybridized carbons (Fsp3) is 0.250. The van der Waals surface area contributed by atoms with Gasteiger partial charge in [0.05, 0.1) is 16.9 Å². The Kier molecular flexibility index (Phi) is 5.08. The van der Waals surface area contributed by atoms with Crippen molar-refractivity contribution < 1.29 is 18.1 Å². The van der Waals surface area contributed by atoms with Gasteiger partial charge in [-0.3, -0.25) is 14.4 Å². The number of aryl methyl sites for hydroxylation is 1. The van der Waals surface area contributed by atoms with Crippen molar-refractivity contribution in [3.05, 3.63) is 58.1 Å². The molecule has 0 saturated carbocycles. The molecule has 2 aromatic rings. The highest BCUT2D eigenvalue weighted by atomic mass is 32.2. The van der Waals surface area contributed by atoms with Gasteiger partial charge in [0.25, 0.3) is 15.7 Å². The van der Waals surface area contributed by atoms with Crippen molar-refractivity contribution >= 4 is 21.4 Å². The first-order valence-electron chi connectivity index (χ1n) is 7.23. The van der Waals surface area contributed by atoms with E-state index in [1.165, 1.54) is 37.4 Å². The quantitative estimate of drug-likeness (QED) is 0.590. The second-order valence-electron chi connectivity index (χ2n) is 5.10. The lowest BCUT2D eigenvalue weighted by atomic mass is 10.2. The van der Waals surface area contributed by atoms with Crippen LogP contribution in [0.25, 0.3) is 0 Å². The molecule has 0 aliphatic carbocycles. The number of nitro groups is 1. The molecule has 0 aliphatic rings. The van der Waals surface area contributed by atoms with Crippen molar-refractivity contribution in [1.82, 2.24) is 0 Å². The summed E-state index contributed by atoms with van der Waals surface area (Å²) in [5, 5.41) is 11.0. The van der Waals surface area contributed by atoms with E-state index in [4.69, 9.17) is 4.74 Å². The number of nitro benzene ring substituents is 1. The van der Waals surface area contributed by atoms with Crippen LogP contribution < -0.4 is 9.04 Å². The number of anilines is 1. The summed E-state index contributed by atoms with van der Waals surface area (Å²) in [7, 11) is -2.48. The van der Waals surface area contributed by atoms with Crippen LogP contribution in [0.4, 0.5) is 11.4 Å². The third kappa shape index (κ3) is 3.33. The van der Waals surface area contributed by atoms with Gasteiger partial charge < -0.3 is 4.74 Å². The molecule has 2 rings (SSSR count). The highest BCUT2D eigenvalue weighted by molar-refractivity contribution is 7.92. The van der Waals surface area contributed by atoms with Crippen LogP contribution >= 0.6 is 0 Å². The van der Waals surface area contributed by atoms with E-state index in [9.17, 15) is 18.5 Å². The Labute approximate surface area is 140 Å². The molecule has 8 heteroatoms. The van der Waals surface area contributed by atoms with Crippen LogP contribution in [0.15, 0.2) is 47.4 Å². The molecule has 7 nitrogen and oxygen atoms in total. The minimum atomic E-state index is -3.87. The molecule has 0 heterocycles. The van der Waals surface area contributed by atoms with Gasteiger partial charge in [0.15, 0.2) is 0 Å². The van der Waals surface area contributed by atoms with Crippen LogP contribution in [0.3, 0.4) is 0 Å². The summed E-state index contributed by atoms with van der Waals surface area (Å²) < 4.78 is 32.1. The van der Waals surface area contributed by atoms with Gasteiger partial charge in [0.2, 0.25) is 0 Å². The van der Waals surface area contributed by atoms with Gasteiger partial charge in [-0.25, -0.2) is 8.42 Å². The number of rotatable bonds is 6. The Balaban J connectivity index is 2.60. The fourth-order valence-electron chi connectivity index (χ4n) is 2.29. The molecule has 0 saturated heterocycles. The average molecular weight is 350 g/mol. The Morgan fingerprint density at radius 3 is 2.29 bits per heavy atom. The van der Waals surface area contributed by atoms with E-state index < -0.39 is 14.9 Å². The van der Waals surface area contributed by atoms with Crippen LogP contribution in [0.5, 0.6) is 5.75 Å². The van der Waals surface area contributed by atoms with Crippen molar-refractivity contribution in [1.29, 1.82) is 0 Å². The second kappa shape index (κ2) is 6.88. The molecule has 0 radical (unpaired) electrons. The summed E-state index contributed by atoms with van der Waals surface area (Å²) in [6.45, 7) is 3.62. The topological polar surface area (TPSA) is 89.8 Å². The Morgan fingerprint density at radius 2 is 1.79 bits per heavy atom. The van der Waals surface area contributed by atoms with Gasteiger partial charge >= 0.3 is 0 Å². The second-order valence-corrected chi connectivity index (χ2v) is 6.96. The number of nitrogens with zero attached hydrogens (tertiary/aromatic N) is 2. The van der Waals surface area contributed by atoms with Crippen molar-refractivity contribution in [3.63, 3.8) is 0 Å². The standard InChI is InChI=1S/C16H18N2O5S/c1-4-17(24(21,22)14-8-5-12(2)6-9-14)15-11-13(18(19)20)7-10-16(15)23-3/h5-11H,4H2,1-3H3. The van der Waals surface area contributed by atoms with E-state index in [1.807, 2.05) is 6.92 Å². The van der Waals surface area contributed by atoms with Gasteiger partial charge in [-0.2, -0.15) is 0 Å². The number of ether oxygens (including phenoxy) is 1. The van der Waals surface area contributed by atoms with Gasteiger partial charge in [0.1, 0.15) is 11.4 Å². The predicted octanol–water partition coefficient (Wildman–Crippen LogP) is 3.13. The molecule has 0 N–H and O–H groups in total. The number of benzene rings is 2. The normalized spacial score (nSPS) is 11.1. The van der Waals surface area contributed by atoms with Gasteiger partial charge in [-0.1, -0.05) is 17.7 Å². The van der Waals surface area contributed by atoms with Gasteiger partial charge in [-0.05, 0) is 32.0 Å². The molecule has 0 atom stereocenters. The molecule has 24 heavy (non-hydrogen) atoms. The number of sulfonamides is 1. The minimum Gasteiger partial charge on any atom is -0.495 e. The van der Waals surface area contributed by atoms with Crippen LogP contribution in [-0.2, 0) is 10.0 Å². The Morgan fingerprint density at radius 1 is 1.17 bits per heavy atom. The monoisotopic (exact) mass is 350 g/mol. The maximum atomic E-state index is 12.9. The van der Waals surface area contributed by atoms with Crippen molar-refractivity contribution in [2.75, 3.05) is 18.0 Å². The fourth-order valence-corrected chi connectivity index (χ4v) is 3.77. The van der Waals surface area contributed by atoms with E-state index in [0.717, 1.165) is 9.87 Å². The van der Waals surface area contributed by atoms with Crippen molar-refractivity contribution in [2.24, 2.45) is 0 Å². The summed E-state index contributed by atoms with van der Waals surface area (Å²) in [5.41, 5.74) is 0.864. The Bertz CT molecular complexity index is 847. The van der Waals surface area contributed by atoms with Crippen LogP contribution in [-0.4, -0.2) is 27.0 Å². The highest BCUT2D eigenvalue weighted by Crippen LogP contribution is 2.35. The van der Waals surface area contributed by atoms with Crippen LogP contribution in [0.2, 0.25) is 0 Å². The SMILES string of the molecule is CCN(c1cc([N+](=O)[O-])ccc1OC)S(=O)(=O)c1ccc(C)cc1. The lowest BCUT2D eigenvalue weighted by Gasteiger charge is -2.24. The lowest BCUT2D eigenvalue weighted by molar-refractivity contribution is -0.384. The maximum absolute atomic E-state index is 12.9. The van der Waals surface area contributed by atoms with Crippen LogP contribution in [0.1, 0.15) is 12.5 Å². The zero-order valence-electron chi connectivity index (χ0n) is 13.6. The number of hydrogen-bond acceptors (Lipinski definition) is 5. The van der Waals surface area contributed by atoms with Gasteiger partial charge in [0, 0.05) is 18.7 Å². The largest absolute Gasteiger partial charge is 0.495 e. The number of methoxy groups -OCH3 is 1. The molecule has 0 spiro atoms. The molecular formula is C16H18N2O5S. The third-order valence-electron chi connectivity index (χ3n) is 3.54. The molecule has 2 aromatic carbocycles. The molecule has 0 fully saturated rings. The van der Waals surface area contributed by atoms with E-state index in [0.29, 0.717) is 0 Å². The molecule has 0 aliphatic heterocycles. The molecule has 0 bridgehead atoms. The smallest absolute Gasteiger partial charge is 0.271 e. The first-order chi connectivity index (χ1) is 11.3. The highest BCUT2D eigenvalue weighted by Gasteiger charge is 2.27. The zero-order valence-corrected chi connectivity index (χ0v) is 14.4. The summed E-state index contributed by atoms with van der Waals surface area (Å²) in [5.74, 6) is 0.248. The molecule has 0 aromatic heterocycles. The predicted molar refractivity (Wildman–Crippen MR) is 91.0 cm³/mol. The average Bonchev–Trinajstić information content (AvgIpc) is 2.55. The van der Waals surface area contributed by atoms with Crippen LogP contribution in [0, 0.1) is 17.0 Å². The number of hydrogen-bond donors (Lipinski definition) is 0.